The van der Waals surface area contributed by atoms with Gasteiger partial charge in [-0.25, -0.2) is 4.99 Å². The highest BCUT2D eigenvalue weighted by atomic mass is 35.5. The number of benzene rings is 1. The maximum absolute atomic E-state index is 12.6. The van der Waals surface area contributed by atoms with Gasteiger partial charge in [-0.2, -0.15) is 18.2 Å². The maximum atomic E-state index is 12.6. The molecule has 0 bridgehead atoms. The zero-order chi connectivity index (χ0) is 17.1. The van der Waals surface area contributed by atoms with E-state index >= 15 is 0 Å². The molecular formula is C12H14Cl2F3N5. The van der Waals surface area contributed by atoms with E-state index in [1.807, 2.05) is 0 Å². The van der Waals surface area contributed by atoms with Crippen LogP contribution >= 0.6 is 23.2 Å². The topological polar surface area (TPSA) is 88.8 Å². The second-order valence-electron chi connectivity index (χ2n) is 4.52. The molecule has 1 aromatic carbocycles. The Morgan fingerprint density at radius 3 is 2.09 bits per heavy atom. The summed E-state index contributed by atoms with van der Waals surface area (Å²) in [6.07, 6.45) is -4.56. The molecule has 5 nitrogen and oxygen atoms in total. The van der Waals surface area contributed by atoms with Gasteiger partial charge >= 0.3 is 6.18 Å². The number of rotatable bonds is 2. The van der Waals surface area contributed by atoms with Crippen LogP contribution in [0, 0.1) is 0 Å². The van der Waals surface area contributed by atoms with Crippen LogP contribution in [0.1, 0.15) is 19.4 Å². The van der Waals surface area contributed by atoms with Gasteiger partial charge in [-0.15, -0.1) is 0 Å². The van der Waals surface area contributed by atoms with Gasteiger partial charge in [0.1, 0.15) is 0 Å². The van der Waals surface area contributed by atoms with Crippen LogP contribution < -0.4 is 16.8 Å². The molecule has 0 fully saturated rings. The van der Waals surface area contributed by atoms with Crippen LogP contribution in [0.15, 0.2) is 22.1 Å². The first-order chi connectivity index (χ1) is 10.0. The van der Waals surface area contributed by atoms with Crippen LogP contribution in [-0.4, -0.2) is 18.0 Å². The summed E-state index contributed by atoms with van der Waals surface area (Å²) in [5.74, 6) is -0.287. The minimum Gasteiger partial charge on any atom is -0.369 e. The molecule has 0 spiro atoms. The number of alkyl halides is 3. The molecule has 5 N–H and O–H groups in total. The van der Waals surface area contributed by atoms with E-state index in [-0.39, 0.29) is 33.7 Å². The van der Waals surface area contributed by atoms with E-state index < -0.39 is 11.7 Å². The normalized spacial score (nSPS) is 13.6. The van der Waals surface area contributed by atoms with Gasteiger partial charge in [0, 0.05) is 6.04 Å². The average Bonchev–Trinajstić information content (AvgIpc) is 2.30. The lowest BCUT2D eigenvalue weighted by Crippen LogP contribution is -2.27. The Balaban J connectivity index is 3.07. The van der Waals surface area contributed by atoms with E-state index in [1.54, 1.807) is 13.8 Å². The lowest BCUT2D eigenvalue weighted by atomic mass is 10.2. The van der Waals surface area contributed by atoms with E-state index in [9.17, 15) is 13.2 Å². The number of hydrogen-bond donors (Lipinski definition) is 3. The predicted octanol–water partition coefficient (Wildman–Crippen LogP) is 3.46. The Labute approximate surface area is 135 Å². The molecule has 0 aliphatic rings. The highest BCUT2D eigenvalue weighted by Gasteiger charge is 2.32. The van der Waals surface area contributed by atoms with Crippen LogP contribution in [0.4, 0.5) is 18.9 Å². The molecule has 0 radical (unpaired) electrons. The van der Waals surface area contributed by atoms with E-state index in [2.05, 4.69) is 15.3 Å². The maximum Gasteiger partial charge on any atom is 0.416 e. The number of hydrogen-bond acceptors (Lipinski definition) is 1. The van der Waals surface area contributed by atoms with Crippen molar-refractivity contribution in [3.8, 4) is 0 Å². The van der Waals surface area contributed by atoms with Crippen molar-refractivity contribution in [2.24, 2.45) is 21.5 Å². The first kappa shape index (κ1) is 18.4. The summed E-state index contributed by atoms with van der Waals surface area (Å²) >= 11 is 11.6. The number of anilines is 1. The second kappa shape index (κ2) is 7.06. The number of nitrogens with two attached hydrogens (primary N) is 2. The van der Waals surface area contributed by atoms with Crippen molar-refractivity contribution in [3.05, 3.63) is 27.7 Å². The number of aliphatic imine (C=N–C) groups is 2. The number of nitrogens with zero attached hydrogens (tertiary/aromatic N) is 2. The largest absolute Gasteiger partial charge is 0.416 e. The molecule has 0 heterocycles. The average molecular weight is 356 g/mol. The molecule has 122 valence electrons. The third-order valence-corrected chi connectivity index (χ3v) is 2.84. The summed E-state index contributed by atoms with van der Waals surface area (Å²) in [6, 6.07) is 1.37. The van der Waals surface area contributed by atoms with E-state index in [0.29, 0.717) is 0 Å². The third-order valence-electron chi connectivity index (χ3n) is 2.25. The van der Waals surface area contributed by atoms with Crippen molar-refractivity contribution in [1.29, 1.82) is 0 Å². The Morgan fingerprint density at radius 1 is 1.18 bits per heavy atom. The summed E-state index contributed by atoms with van der Waals surface area (Å²) in [7, 11) is 0. The smallest absolute Gasteiger partial charge is 0.369 e. The summed E-state index contributed by atoms with van der Waals surface area (Å²) < 4.78 is 37.9. The first-order valence-corrected chi connectivity index (χ1v) is 6.77. The van der Waals surface area contributed by atoms with Gasteiger partial charge in [-0.1, -0.05) is 23.2 Å². The standard InChI is InChI=1S/C12H14Cl2F3N5/c1-5(2)20-10(18)22-11(19)21-9-7(13)3-6(4-8(9)14)12(15,16)17/h3-5H,1-2H3,(H5,18,19,20,21,22). The molecular weight excluding hydrogens is 342 g/mol. The molecule has 0 amide bonds. The van der Waals surface area contributed by atoms with Crippen LogP contribution in [0.25, 0.3) is 0 Å². The molecule has 0 atom stereocenters. The number of nitrogens with one attached hydrogen (secondary N) is 1. The van der Waals surface area contributed by atoms with E-state index in [4.69, 9.17) is 34.7 Å². The molecule has 0 aliphatic carbocycles. The summed E-state index contributed by atoms with van der Waals surface area (Å²) in [4.78, 5) is 7.66. The highest BCUT2D eigenvalue weighted by molar-refractivity contribution is 6.40. The molecule has 1 rings (SSSR count). The Kier molecular flexibility index (Phi) is 5.90. The van der Waals surface area contributed by atoms with Crippen LogP contribution in [0.2, 0.25) is 10.0 Å². The monoisotopic (exact) mass is 355 g/mol. The SMILES string of the molecule is CC(C)N=C(N)N=C(N)Nc1c(Cl)cc(C(F)(F)F)cc1Cl. The lowest BCUT2D eigenvalue weighted by molar-refractivity contribution is -0.137. The van der Waals surface area contributed by atoms with Gasteiger partial charge in [-0.05, 0) is 26.0 Å². The lowest BCUT2D eigenvalue weighted by Gasteiger charge is -2.13. The van der Waals surface area contributed by atoms with Gasteiger partial charge in [0.15, 0.2) is 0 Å². The molecule has 0 saturated carbocycles. The summed E-state index contributed by atoms with van der Waals surface area (Å²) in [5, 5.41) is 1.99. The quantitative estimate of drug-likeness (QED) is 0.560. The molecule has 1 aromatic rings. The predicted molar refractivity (Wildman–Crippen MR) is 83.5 cm³/mol. The van der Waals surface area contributed by atoms with Gasteiger partial charge in [0.2, 0.25) is 11.9 Å². The second-order valence-corrected chi connectivity index (χ2v) is 5.33. The molecule has 22 heavy (non-hydrogen) atoms. The fourth-order valence-electron chi connectivity index (χ4n) is 1.43. The fraction of sp³-hybridized carbons (Fsp3) is 0.333. The summed E-state index contributed by atoms with van der Waals surface area (Å²) in [5.41, 5.74) is 10.1. The van der Waals surface area contributed by atoms with Crippen molar-refractivity contribution in [1.82, 2.24) is 0 Å². The van der Waals surface area contributed by atoms with Crippen LogP contribution in [0.5, 0.6) is 0 Å². The Bertz CT molecular complexity index is 588. The van der Waals surface area contributed by atoms with Crippen molar-refractivity contribution in [2.75, 3.05) is 5.32 Å². The van der Waals surface area contributed by atoms with Crippen molar-refractivity contribution in [2.45, 2.75) is 26.1 Å². The van der Waals surface area contributed by atoms with Crippen molar-refractivity contribution < 1.29 is 13.2 Å². The molecule has 0 saturated heterocycles. The van der Waals surface area contributed by atoms with Crippen LogP contribution in [-0.2, 0) is 6.18 Å². The number of guanidine groups is 2. The molecule has 10 heteroatoms. The van der Waals surface area contributed by atoms with E-state index in [1.165, 1.54) is 0 Å². The minimum atomic E-state index is -4.56. The molecule has 0 unspecified atom stereocenters. The van der Waals surface area contributed by atoms with Gasteiger partial charge in [0.25, 0.3) is 0 Å². The Hall–Kier alpha value is -1.67. The third kappa shape index (κ3) is 5.27. The number of halogens is 5. The minimum absolute atomic E-state index is 0.00469. The van der Waals surface area contributed by atoms with Gasteiger partial charge < -0.3 is 16.8 Å². The van der Waals surface area contributed by atoms with Crippen molar-refractivity contribution >= 4 is 40.8 Å². The van der Waals surface area contributed by atoms with Gasteiger partial charge in [0.05, 0.1) is 21.3 Å². The zero-order valence-corrected chi connectivity index (χ0v) is 13.2. The van der Waals surface area contributed by atoms with Gasteiger partial charge in [-0.3, -0.25) is 0 Å². The van der Waals surface area contributed by atoms with Crippen molar-refractivity contribution in [3.63, 3.8) is 0 Å². The fourth-order valence-corrected chi connectivity index (χ4v) is 2.01. The molecule has 0 aromatic heterocycles. The van der Waals surface area contributed by atoms with Crippen LogP contribution in [0.3, 0.4) is 0 Å². The zero-order valence-electron chi connectivity index (χ0n) is 11.7. The first-order valence-electron chi connectivity index (χ1n) is 6.01. The molecule has 0 aliphatic heterocycles. The van der Waals surface area contributed by atoms with E-state index in [0.717, 1.165) is 12.1 Å². The Morgan fingerprint density at radius 2 is 1.68 bits per heavy atom. The summed E-state index contributed by atoms with van der Waals surface area (Å²) in [6.45, 7) is 3.57. The highest BCUT2D eigenvalue weighted by Crippen LogP contribution is 2.38.